The SMILES string of the molecule is CC[C@H](C)[C@@H]1NC(=O)[C@H](CC(C)C)N(C)C(=O)C[C@@H](C(=O)N(C)C)N(C)C(=O)[C@H](C2CCCC2)N(C)C(=O)[C@H](C(C)C)NC(=O)[C@H](CCN2CCCC(F)(F)C2)N(C)C(=O)[C@H](CCC2CCC(C(F)(F)F)C(Cl)C2)NC(=O)CN(C)C(=O)[C@H](CC2CCCCC2)N(C)C(=O)[C@@H]2CCN2C(=O)[C@H](C)N(C)C1=O. The smallest absolute Gasteiger partial charge is 0.347 e. The summed E-state index contributed by atoms with van der Waals surface area (Å²) in [6, 6.07) is -13.2. The first-order chi connectivity index (χ1) is 49.5. The largest absolute Gasteiger partial charge is 0.393 e. The summed E-state index contributed by atoms with van der Waals surface area (Å²) in [5.41, 5.74) is 0. The highest BCUT2D eigenvalue weighted by atomic mass is 35.5. The molecule has 31 heteroatoms. The molecule has 0 aromatic rings. The molecule has 3 unspecified atom stereocenters. The quantitative estimate of drug-likeness (QED) is 0.119. The number of likely N-dealkylation sites (tertiary alicyclic amines) is 1. The fourth-order valence-corrected chi connectivity index (χ4v) is 16.9. The number of nitrogens with one attached hydrogen (secondary N) is 3. The van der Waals surface area contributed by atoms with Gasteiger partial charge in [-0.2, -0.15) is 13.2 Å². The van der Waals surface area contributed by atoms with E-state index in [0.29, 0.717) is 32.1 Å². The van der Waals surface area contributed by atoms with Crippen molar-refractivity contribution in [3.63, 3.8) is 0 Å². The molecule has 6 aliphatic rings. The minimum Gasteiger partial charge on any atom is -0.347 e. The lowest BCUT2D eigenvalue weighted by atomic mass is 9.78. The summed E-state index contributed by atoms with van der Waals surface area (Å²) >= 11 is 6.42. The highest BCUT2D eigenvalue weighted by Gasteiger charge is 2.50. The van der Waals surface area contributed by atoms with Crippen molar-refractivity contribution >= 4 is 82.5 Å². The fraction of sp³-hybridized carbons (Fsp3) is 0.840. The second-order valence-electron chi connectivity index (χ2n) is 32.5. The summed E-state index contributed by atoms with van der Waals surface area (Å²) in [5, 5.41) is 7.23. The van der Waals surface area contributed by atoms with Crippen LogP contribution in [0.5, 0.6) is 0 Å². The molecule has 6 rings (SSSR count). The molecule has 0 aromatic carbocycles. The van der Waals surface area contributed by atoms with Crippen LogP contribution in [0.2, 0.25) is 0 Å². The van der Waals surface area contributed by atoms with Gasteiger partial charge in [-0.25, -0.2) is 8.78 Å². The number of halogens is 6. The Kier molecular flexibility index (Phi) is 32.3. The third kappa shape index (κ3) is 22.6. The second kappa shape index (κ2) is 38.8. The molecule has 3 aliphatic carbocycles. The van der Waals surface area contributed by atoms with Gasteiger partial charge in [0.05, 0.1) is 25.4 Å². The average Bonchev–Trinajstić information content (AvgIpc) is 0.974. The van der Waals surface area contributed by atoms with Crippen molar-refractivity contribution in [2.45, 2.75) is 268 Å². The van der Waals surface area contributed by atoms with Gasteiger partial charge in [-0.3, -0.25) is 62.4 Å². The number of alkyl halides is 6. The van der Waals surface area contributed by atoms with E-state index in [0.717, 1.165) is 46.8 Å². The van der Waals surface area contributed by atoms with Crippen LogP contribution in [0.1, 0.15) is 190 Å². The Balaban J connectivity index is 1.47. The number of amides is 12. The molecule has 14 atom stereocenters. The van der Waals surface area contributed by atoms with Crippen LogP contribution < -0.4 is 16.0 Å². The van der Waals surface area contributed by atoms with E-state index in [1.54, 1.807) is 20.8 Å². The number of piperidine rings is 1. The zero-order valence-corrected chi connectivity index (χ0v) is 66.4. The zero-order chi connectivity index (χ0) is 79.3. The zero-order valence-electron chi connectivity index (χ0n) is 65.6. The first kappa shape index (κ1) is 88.4. The van der Waals surface area contributed by atoms with Crippen molar-refractivity contribution in [1.82, 2.24) is 64.9 Å². The highest BCUT2D eigenvalue weighted by Crippen LogP contribution is 2.44. The van der Waals surface area contributed by atoms with Crippen LogP contribution in [0.3, 0.4) is 0 Å². The van der Waals surface area contributed by atoms with E-state index >= 15 is 32.8 Å². The number of fused-ring (bicyclic) bond motifs is 1. The number of nitrogens with zero attached hydrogens (tertiary/aromatic N) is 10. The highest BCUT2D eigenvalue weighted by molar-refractivity contribution is 6.21. The van der Waals surface area contributed by atoms with Crippen molar-refractivity contribution < 1.29 is 79.5 Å². The molecule has 3 heterocycles. The van der Waals surface area contributed by atoms with Crippen LogP contribution in [0.15, 0.2) is 0 Å². The Morgan fingerprint density at radius 3 is 1.76 bits per heavy atom. The molecule has 25 nitrogen and oxygen atoms in total. The average molecular weight is 1530 g/mol. The molecule has 106 heavy (non-hydrogen) atoms. The van der Waals surface area contributed by atoms with Crippen LogP contribution >= 0.6 is 11.6 Å². The van der Waals surface area contributed by atoms with Crippen molar-refractivity contribution in [2.75, 3.05) is 96.2 Å². The molecular weight excluding hydrogens is 1410 g/mol. The Hall–Kier alpha value is -6.46. The molecule has 6 fully saturated rings. The van der Waals surface area contributed by atoms with Gasteiger partial charge in [-0.05, 0) is 126 Å². The maximum atomic E-state index is 15.5. The number of likely N-dealkylation sites (N-methyl/N-ethyl adjacent to an activating group) is 8. The molecule has 3 saturated heterocycles. The number of hydrogen-bond donors (Lipinski definition) is 3. The maximum absolute atomic E-state index is 15.5. The molecule has 3 aliphatic heterocycles. The van der Waals surface area contributed by atoms with E-state index in [4.69, 9.17) is 11.6 Å². The Labute approximate surface area is 629 Å². The normalized spacial score (nSPS) is 30.6. The third-order valence-corrected chi connectivity index (χ3v) is 24.2. The predicted octanol–water partition coefficient (Wildman–Crippen LogP) is 6.37. The van der Waals surface area contributed by atoms with E-state index in [1.165, 1.54) is 105 Å². The lowest BCUT2D eigenvalue weighted by Gasteiger charge is -2.45. The van der Waals surface area contributed by atoms with E-state index in [1.807, 2.05) is 20.8 Å². The monoisotopic (exact) mass is 1530 g/mol. The van der Waals surface area contributed by atoms with E-state index in [2.05, 4.69) is 16.0 Å². The molecule has 3 saturated carbocycles. The van der Waals surface area contributed by atoms with Crippen LogP contribution in [0.25, 0.3) is 0 Å². The van der Waals surface area contributed by atoms with Gasteiger partial charge in [0.15, 0.2) is 0 Å². The first-order valence-corrected chi connectivity index (χ1v) is 39.0. The molecule has 0 radical (unpaired) electrons. The summed E-state index contributed by atoms with van der Waals surface area (Å²) in [6.45, 7) is 10.9. The van der Waals surface area contributed by atoms with E-state index < -0.39 is 198 Å². The van der Waals surface area contributed by atoms with Gasteiger partial charge in [-0.1, -0.05) is 92.9 Å². The van der Waals surface area contributed by atoms with Gasteiger partial charge in [0.2, 0.25) is 70.9 Å². The minimum atomic E-state index is -4.57. The van der Waals surface area contributed by atoms with Crippen LogP contribution in [0, 0.1) is 41.4 Å². The molecule has 0 aromatic heterocycles. The standard InChI is InChI=1S/C75H123ClF5N13O12/c1-17-46(6)62-72(105)87(11)47(7)66(99)94-37-33-55(94)70(103)90(14)57(40-48-24-19-18-20-25-48)69(102)86(10)42-59(95)82-53(31-29-49-28-30-51(52(76)39-49)75(79,80)81)67(100)89(13)54(32-36-93-35-23-34-74(77,78)43-93)64(97)83-61(45(4)5)71(104)92(16)63(50-26-21-22-27-50)73(106)91(15)58(68(101)85(8)9)41-60(96)88(12)56(38-44(2)3)65(98)84-62/h44-58,61-63H,17-43H2,1-16H3,(H,82,95)(H,83,97)(H,84,98)/t46-,47-,49?,51?,52?,53-,54-,55-,56-,57-,58-,61-,62-,63-/m0/s1. The van der Waals surface area contributed by atoms with Gasteiger partial charge < -0.3 is 60.0 Å². The predicted molar refractivity (Wildman–Crippen MR) is 390 cm³/mol. The number of rotatable bonds is 15. The van der Waals surface area contributed by atoms with Gasteiger partial charge in [-0.15, -0.1) is 11.6 Å². The summed E-state index contributed by atoms with van der Waals surface area (Å²) in [7, 11) is 12.6. The minimum absolute atomic E-state index is 0.0146. The van der Waals surface area contributed by atoms with E-state index in [-0.39, 0.29) is 102 Å². The van der Waals surface area contributed by atoms with Crippen LogP contribution in [0.4, 0.5) is 22.0 Å². The molecule has 0 spiro atoms. The van der Waals surface area contributed by atoms with Crippen molar-refractivity contribution in [1.29, 1.82) is 0 Å². The van der Waals surface area contributed by atoms with Gasteiger partial charge in [0, 0.05) is 88.3 Å². The number of carbonyl (C=O) groups is 12. The molecule has 12 amide bonds. The summed E-state index contributed by atoms with van der Waals surface area (Å²) in [6.07, 6.45) is 1.22. The van der Waals surface area contributed by atoms with Gasteiger partial charge in [0.25, 0.3) is 5.92 Å². The van der Waals surface area contributed by atoms with Crippen LogP contribution in [-0.4, -0.2) is 294 Å². The Morgan fingerprint density at radius 1 is 0.613 bits per heavy atom. The second-order valence-corrected chi connectivity index (χ2v) is 33.0. The van der Waals surface area contributed by atoms with Crippen molar-refractivity contribution in [3.8, 4) is 0 Å². The summed E-state index contributed by atoms with van der Waals surface area (Å²) < 4.78 is 72.5. The lowest BCUT2D eigenvalue weighted by molar-refractivity contribution is -0.182. The molecule has 3 N–H and O–H groups in total. The maximum Gasteiger partial charge on any atom is 0.393 e. The fourth-order valence-electron chi connectivity index (χ4n) is 16.4. The summed E-state index contributed by atoms with van der Waals surface area (Å²) in [5.74, 6) is -15.9. The third-order valence-electron chi connectivity index (χ3n) is 23.8. The lowest BCUT2D eigenvalue weighted by Crippen LogP contribution is -2.65. The van der Waals surface area contributed by atoms with Gasteiger partial charge in [0.1, 0.15) is 60.4 Å². The van der Waals surface area contributed by atoms with Gasteiger partial charge >= 0.3 is 6.18 Å². The number of hydrogen-bond acceptors (Lipinski definition) is 13. The van der Waals surface area contributed by atoms with Crippen molar-refractivity contribution in [2.24, 2.45) is 41.4 Å². The first-order valence-electron chi connectivity index (χ1n) is 38.6. The van der Waals surface area contributed by atoms with E-state index in [9.17, 15) is 46.7 Å². The van der Waals surface area contributed by atoms with Crippen molar-refractivity contribution in [3.05, 3.63) is 0 Å². The molecule has 0 bridgehead atoms. The Bertz CT molecular complexity index is 3080. The molecular formula is C75H123ClF5N13O12. The molecule has 602 valence electrons. The van der Waals surface area contributed by atoms with Crippen LogP contribution in [-0.2, 0) is 57.5 Å². The topological polar surface area (TPSA) is 273 Å². The Morgan fingerprint density at radius 2 is 1.21 bits per heavy atom. The number of carbonyl (C=O) groups excluding carboxylic acids is 12. The summed E-state index contributed by atoms with van der Waals surface area (Å²) in [4.78, 5) is 193.